The van der Waals surface area contributed by atoms with Gasteiger partial charge in [0.05, 0.1) is 6.42 Å². The van der Waals surface area contributed by atoms with Crippen LogP contribution in [0.15, 0.2) is 42.5 Å². The smallest absolute Gasteiger partial charge is 0.306 e. The number of hydrogen-bond acceptors (Lipinski definition) is 6. The predicted octanol–water partition coefficient (Wildman–Crippen LogP) is 3.61. The number of aryl methyl sites for hydroxylation is 1. The first-order valence-electron chi connectivity index (χ1n) is 9.46. The Morgan fingerprint density at radius 1 is 0.964 bits per heavy atom. The van der Waals surface area contributed by atoms with Crippen molar-refractivity contribution < 1.29 is 28.5 Å². The molecule has 0 atom stereocenters. The molecular weight excluding hydrogens is 360 g/mol. The van der Waals surface area contributed by atoms with Crippen LogP contribution < -0.4 is 14.2 Å². The van der Waals surface area contributed by atoms with Gasteiger partial charge in [0, 0.05) is 12.0 Å². The topological polar surface area (TPSA) is 71.1 Å². The molecule has 148 valence electrons. The number of fused-ring (bicyclic) bond motifs is 1. The summed E-state index contributed by atoms with van der Waals surface area (Å²) in [7, 11) is 0. The number of hydrogen-bond donors (Lipinski definition) is 0. The van der Waals surface area contributed by atoms with E-state index in [9.17, 15) is 9.59 Å². The van der Waals surface area contributed by atoms with Gasteiger partial charge in [0.25, 0.3) is 0 Å². The van der Waals surface area contributed by atoms with E-state index in [1.165, 1.54) is 5.56 Å². The van der Waals surface area contributed by atoms with Crippen LogP contribution >= 0.6 is 0 Å². The van der Waals surface area contributed by atoms with Crippen LogP contribution in [-0.2, 0) is 16.0 Å². The molecule has 0 N–H and O–H groups in total. The van der Waals surface area contributed by atoms with Gasteiger partial charge >= 0.3 is 5.97 Å². The lowest BCUT2D eigenvalue weighted by molar-refractivity contribution is -0.144. The van der Waals surface area contributed by atoms with Crippen LogP contribution in [0.25, 0.3) is 0 Å². The quantitative estimate of drug-likeness (QED) is 0.374. The molecule has 0 bridgehead atoms. The standard InChI is InChI=1S/C22H24O6/c1-2-16-4-3-5-18(14-16)25-10-13-28-22(24)9-7-19(23)17-6-8-20-21(15-17)27-12-11-26-20/h3-6,8,14-15H,2,7,9-13H2,1H3. The van der Waals surface area contributed by atoms with Crippen molar-refractivity contribution in [3.8, 4) is 17.2 Å². The van der Waals surface area contributed by atoms with Gasteiger partial charge in [-0.05, 0) is 42.3 Å². The molecule has 6 nitrogen and oxygen atoms in total. The molecule has 0 spiro atoms. The number of benzene rings is 2. The van der Waals surface area contributed by atoms with E-state index in [0.29, 0.717) is 30.3 Å². The van der Waals surface area contributed by atoms with Crippen LogP contribution in [0, 0.1) is 0 Å². The fraction of sp³-hybridized carbons (Fsp3) is 0.364. The van der Waals surface area contributed by atoms with Gasteiger partial charge in [-0.1, -0.05) is 19.1 Å². The lowest BCUT2D eigenvalue weighted by Crippen LogP contribution is -2.16. The zero-order valence-electron chi connectivity index (χ0n) is 15.9. The maximum absolute atomic E-state index is 12.3. The van der Waals surface area contributed by atoms with Crippen LogP contribution in [0.1, 0.15) is 35.7 Å². The second-order valence-corrected chi connectivity index (χ2v) is 6.35. The van der Waals surface area contributed by atoms with Gasteiger partial charge in [-0.2, -0.15) is 0 Å². The fourth-order valence-corrected chi connectivity index (χ4v) is 2.82. The van der Waals surface area contributed by atoms with Crippen LogP contribution in [0.5, 0.6) is 17.2 Å². The number of ether oxygens (including phenoxy) is 4. The summed E-state index contributed by atoms with van der Waals surface area (Å²) in [6, 6.07) is 12.8. The summed E-state index contributed by atoms with van der Waals surface area (Å²) in [5, 5.41) is 0. The monoisotopic (exact) mass is 384 g/mol. The van der Waals surface area contributed by atoms with Gasteiger partial charge in [-0.3, -0.25) is 9.59 Å². The third-order valence-electron chi connectivity index (χ3n) is 4.34. The molecule has 0 saturated heterocycles. The minimum absolute atomic E-state index is 0.0264. The zero-order chi connectivity index (χ0) is 19.8. The highest BCUT2D eigenvalue weighted by atomic mass is 16.6. The van der Waals surface area contributed by atoms with E-state index in [2.05, 4.69) is 6.92 Å². The van der Waals surface area contributed by atoms with Gasteiger partial charge in [-0.15, -0.1) is 0 Å². The Morgan fingerprint density at radius 3 is 2.61 bits per heavy atom. The molecule has 0 unspecified atom stereocenters. The van der Waals surface area contributed by atoms with E-state index in [1.54, 1.807) is 18.2 Å². The van der Waals surface area contributed by atoms with E-state index in [0.717, 1.165) is 12.2 Å². The molecule has 0 saturated carbocycles. The van der Waals surface area contributed by atoms with Crippen molar-refractivity contribution in [3.05, 3.63) is 53.6 Å². The number of ketones is 1. The Balaban J connectivity index is 1.37. The van der Waals surface area contributed by atoms with Crippen molar-refractivity contribution in [1.82, 2.24) is 0 Å². The zero-order valence-corrected chi connectivity index (χ0v) is 15.9. The Morgan fingerprint density at radius 2 is 1.79 bits per heavy atom. The SMILES string of the molecule is CCc1cccc(OCCOC(=O)CCC(=O)c2ccc3c(c2)OCCO3)c1. The van der Waals surface area contributed by atoms with Gasteiger partial charge in [0.1, 0.15) is 32.2 Å². The molecule has 28 heavy (non-hydrogen) atoms. The predicted molar refractivity (Wildman–Crippen MR) is 103 cm³/mol. The second-order valence-electron chi connectivity index (χ2n) is 6.35. The number of esters is 1. The summed E-state index contributed by atoms with van der Waals surface area (Å²) in [6.45, 7) is 3.46. The molecule has 0 aliphatic carbocycles. The lowest BCUT2D eigenvalue weighted by atomic mass is 10.1. The van der Waals surface area contributed by atoms with Crippen molar-refractivity contribution in [2.75, 3.05) is 26.4 Å². The first-order valence-corrected chi connectivity index (χ1v) is 9.46. The van der Waals surface area contributed by atoms with Gasteiger partial charge in [0.15, 0.2) is 17.3 Å². The molecule has 0 fully saturated rings. The third kappa shape index (κ3) is 5.49. The summed E-state index contributed by atoms with van der Waals surface area (Å²) in [6.07, 6.45) is 1.04. The van der Waals surface area contributed by atoms with Gasteiger partial charge < -0.3 is 18.9 Å². The van der Waals surface area contributed by atoms with E-state index in [4.69, 9.17) is 18.9 Å². The highest BCUT2D eigenvalue weighted by molar-refractivity contribution is 5.98. The number of rotatable bonds is 9. The highest BCUT2D eigenvalue weighted by Gasteiger charge is 2.16. The molecule has 6 heteroatoms. The molecule has 2 aromatic rings. The average Bonchev–Trinajstić information content (AvgIpc) is 2.74. The molecule has 1 aliphatic rings. The van der Waals surface area contributed by atoms with Crippen molar-refractivity contribution in [2.24, 2.45) is 0 Å². The van der Waals surface area contributed by atoms with Crippen molar-refractivity contribution in [3.63, 3.8) is 0 Å². The third-order valence-corrected chi connectivity index (χ3v) is 4.34. The number of carbonyl (C=O) groups is 2. The highest BCUT2D eigenvalue weighted by Crippen LogP contribution is 2.31. The molecular formula is C22H24O6. The first kappa shape index (κ1) is 19.7. The van der Waals surface area contributed by atoms with Gasteiger partial charge in [-0.25, -0.2) is 0 Å². The lowest BCUT2D eigenvalue weighted by Gasteiger charge is -2.18. The van der Waals surface area contributed by atoms with E-state index in [1.807, 2.05) is 24.3 Å². The number of Topliss-reactive ketones (excluding diaryl/α,β-unsaturated/α-hetero) is 1. The first-order chi connectivity index (χ1) is 13.7. The van der Waals surface area contributed by atoms with Crippen LogP contribution in [0.4, 0.5) is 0 Å². The maximum Gasteiger partial charge on any atom is 0.306 e. The molecule has 2 aromatic carbocycles. The normalized spacial score (nSPS) is 12.3. The molecule has 3 rings (SSSR count). The minimum atomic E-state index is -0.420. The van der Waals surface area contributed by atoms with E-state index in [-0.39, 0.29) is 31.8 Å². The molecule has 1 heterocycles. The Bertz CT molecular complexity index is 830. The van der Waals surface area contributed by atoms with Crippen molar-refractivity contribution in [2.45, 2.75) is 26.2 Å². The Kier molecular flexibility index (Phi) is 6.89. The summed E-state index contributed by atoms with van der Waals surface area (Å²) in [4.78, 5) is 24.1. The maximum atomic E-state index is 12.3. The van der Waals surface area contributed by atoms with Crippen molar-refractivity contribution >= 4 is 11.8 Å². The second kappa shape index (κ2) is 9.78. The van der Waals surface area contributed by atoms with E-state index < -0.39 is 5.97 Å². The Hall–Kier alpha value is -3.02. The average molecular weight is 384 g/mol. The molecule has 0 radical (unpaired) electrons. The molecule has 0 amide bonds. The summed E-state index contributed by atoms with van der Waals surface area (Å²) in [5.41, 5.74) is 1.68. The summed E-state index contributed by atoms with van der Waals surface area (Å²) >= 11 is 0. The number of carbonyl (C=O) groups excluding carboxylic acids is 2. The minimum Gasteiger partial charge on any atom is -0.490 e. The molecule has 0 aromatic heterocycles. The summed E-state index contributed by atoms with van der Waals surface area (Å²) < 4.78 is 21.6. The largest absolute Gasteiger partial charge is 0.490 e. The van der Waals surface area contributed by atoms with E-state index >= 15 is 0 Å². The van der Waals surface area contributed by atoms with Gasteiger partial charge in [0.2, 0.25) is 0 Å². The van der Waals surface area contributed by atoms with Crippen molar-refractivity contribution in [1.29, 1.82) is 0 Å². The Labute approximate surface area is 164 Å². The van der Waals surface area contributed by atoms with Crippen LogP contribution in [0.2, 0.25) is 0 Å². The van der Waals surface area contributed by atoms with Crippen LogP contribution in [0.3, 0.4) is 0 Å². The molecule has 1 aliphatic heterocycles. The van der Waals surface area contributed by atoms with Crippen LogP contribution in [-0.4, -0.2) is 38.2 Å². The summed E-state index contributed by atoms with van der Waals surface area (Å²) in [5.74, 6) is 1.39. The fourth-order valence-electron chi connectivity index (χ4n) is 2.82.